The third kappa shape index (κ3) is 9.39. The van der Waals surface area contributed by atoms with Crippen LogP contribution < -0.4 is 9.47 Å². The van der Waals surface area contributed by atoms with Gasteiger partial charge >= 0.3 is 0 Å². The molecule has 0 unspecified atom stereocenters. The predicted octanol–water partition coefficient (Wildman–Crippen LogP) is 9.98. The van der Waals surface area contributed by atoms with Crippen LogP contribution in [0.1, 0.15) is 110 Å². The van der Waals surface area contributed by atoms with Gasteiger partial charge in [0.2, 0.25) is 0 Å². The number of unbranched alkanes of at least 4 members (excludes halogenated alkanes) is 15. The van der Waals surface area contributed by atoms with E-state index in [0.29, 0.717) is 0 Å². The van der Waals surface area contributed by atoms with E-state index in [-0.39, 0.29) is 0 Å². The number of methoxy groups -OCH3 is 2. The number of hydrogen-bond acceptors (Lipinski definition) is 3. The minimum atomic E-state index is 0.737. The van der Waals surface area contributed by atoms with E-state index in [2.05, 4.69) is 41.8 Å². The van der Waals surface area contributed by atoms with Crippen LogP contribution in [0, 0.1) is 0 Å². The van der Waals surface area contributed by atoms with E-state index >= 15 is 0 Å². The molecular formula is C33H50N2O2. The molecule has 3 aromatic rings. The Hall–Kier alpha value is -2.49. The molecule has 0 spiro atoms. The van der Waals surface area contributed by atoms with E-state index in [1.165, 1.54) is 108 Å². The lowest BCUT2D eigenvalue weighted by molar-refractivity contribution is 0.355. The van der Waals surface area contributed by atoms with Crippen molar-refractivity contribution in [3.05, 3.63) is 42.5 Å². The number of ether oxygens (including phenoxy) is 2. The third-order valence-electron chi connectivity index (χ3n) is 7.53. The van der Waals surface area contributed by atoms with Gasteiger partial charge in [0.25, 0.3) is 0 Å². The number of hydrogen-bond donors (Lipinski definition) is 0. The fourth-order valence-electron chi connectivity index (χ4n) is 5.32. The summed E-state index contributed by atoms with van der Waals surface area (Å²) in [6.07, 6.45) is 22.2. The molecule has 0 fully saturated rings. The Morgan fingerprint density at radius 2 is 1.16 bits per heavy atom. The fourth-order valence-corrected chi connectivity index (χ4v) is 5.32. The van der Waals surface area contributed by atoms with Gasteiger partial charge in [-0.1, -0.05) is 115 Å². The predicted molar refractivity (Wildman–Crippen MR) is 158 cm³/mol. The van der Waals surface area contributed by atoms with Crippen LogP contribution in [0.2, 0.25) is 0 Å². The first-order chi connectivity index (χ1) is 18.3. The Kier molecular flexibility index (Phi) is 13.4. The summed E-state index contributed by atoms with van der Waals surface area (Å²) < 4.78 is 13.3. The summed E-state index contributed by atoms with van der Waals surface area (Å²) in [7, 11) is 3.35. The molecule has 0 atom stereocenters. The molecule has 1 heterocycles. The maximum absolute atomic E-state index is 5.54. The van der Waals surface area contributed by atoms with E-state index in [0.717, 1.165) is 34.9 Å². The first-order valence-corrected chi connectivity index (χ1v) is 15.0. The Morgan fingerprint density at radius 3 is 1.73 bits per heavy atom. The van der Waals surface area contributed by atoms with Crippen molar-refractivity contribution in [2.45, 2.75) is 116 Å². The molecule has 4 nitrogen and oxygen atoms in total. The summed E-state index contributed by atoms with van der Waals surface area (Å²) in [5.74, 6) is 2.48. The molecule has 204 valence electrons. The number of rotatable bonds is 20. The van der Waals surface area contributed by atoms with Crippen LogP contribution in [0.4, 0.5) is 0 Å². The number of nitrogens with zero attached hydrogens (tertiary/aromatic N) is 2. The normalized spacial score (nSPS) is 11.3. The van der Waals surface area contributed by atoms with Crippen LogP contribution >= 0.6 is 0 Å². The first kappa shape index (κ1) is 29.1. The maximum Gasteiger partial charge on any atom is 0.161 e. The molecule has 0 saturated heterocycles. The summed E-state index contributed by atoms with van der Waals surface area (Å²) in [5.41, 5.74) is 3.31. The average Bonchev–Trinajstić information content (AvgIpc) is 3.31. The molecule has 1 aromatic heterocycles. The lowest BCUT2D eigenvalue weighted by Crippen LogP contribution is -2.01. The topological polar surface area (TPSA) is 36.3 Å². The lowest BCUT2D eigenvalue weighted by Gasteiger charge is -2.12. The molecule has 0 N–H and O–H groups in total. The van der Waals surface area contributed by atoms with Gasteiger partial charge in [0.05, 0.1) is 25.3 Å². The first-order valence-electron chi connectivity index (χ1n) is 15.0. The zero-order valence-electron chi connectivity index (χ0n) is 23.8. The summed E-state index contributed by atoms with van der Waals surface area (Å²) in [5, 5.41) is 0. The number of imidazole rings is 1. The second-order valence-corrected chi connectivity index (χ2v) is 10.4. The highest BCUT2D eigenvalue weighted by Crippen LogP contribution is 2.33. The molecule has 3 rings (SSSR count). The standard InChI is InChI=1S/C33H50N2O2/c1-4-5-6-7-8-9-10-11-12-13-14-15-16-17-18-21-26-35-30-23-20-19-22-29(30)34-33(35)28-24-25-31(36-2)32(27-28)37-3/h19-20,22-25,27H,4-18,21,26H2,1-3H3. The van der Waals surface area contributed by atoms with Crippen molar-refractivity contribution in [2.75, 3.05) is 14.2 Å². The van der Waals surface area contributed by atoms with Gasteiger partial charge in [0.1, 0.15) is 5.82 Å². The van der Waals surface area contributed by atoms with E-state index < -0.39 is 0 Å². The van der Waals surface area contributed by atoms with Crippen molar-refractivity contribution in [2.24, 2.45) is 0 Å². The van der Waals surface area contributed by atoms with E-state index in [9.17, 15) is 0 Å². The number of benzene rings is 2. The summed E-state index contributed by atoms with van der Waals surface area (Å²) in [6, 6.07) is 14.5. The molecular weight excluding hydrogens is 456 g/mol. The Balaban J connectivity index is 1.36. The van der Waals surface area contributed by atoms with Crippen LogP contribution in [-0.4, -0.2) is 23.8 Å². The van der Waals surface area contributed by atoms with Crippen LogP contribution in [0.3, 0.4) is 0 Å². The van der Waals surface area contributed by atoms with Gasteiger partial charge in [-0.2, -0.15) is 0 Å². The van der Waals surface area contributed by atoms with Crippen LogP contribution in [0.15, 0.2) is 42.5 Å². The monoisotopic (exact) mass is 506 g/mol. The zero-order chi connectivity index (χ0) is 26.1. The summed E-state index contributed by atoms with van der Waals surface area (Å²) in [4.78, 5) is 4.97. The Morgan fingerprint density at radius 1 is 0.622 bits per heavy atom. The number of fused-ring (bicyclic) bond motifs is 1. The minimum Gasteiger partial charge on any atom is -0.493 e. The molecule has 0 amide bonds. The number of aromatic nitrogens is 2. The van der Waals surface area contributed by atoms with E-state index in [4.69, 9.17) is 14.5 Å². The molecule has 2 aromatic carbocycles. The van der Waals surface area contributed by atoms with Crippen molar-refractivity contribution < 1.29 is 9.47 Å². The molecule has 0 aliphatic carbocycles. The van der Waals surface area contributed by atoms with Crippen molar-refractivity contribution in [3.8, 4) is 22.9 Å². The molecule has 0 bridgehead atoms. The second-order valence-electron chi connectivity index (χ2n) is 10.4. The second kappa shape index (κ2) is 17.1. The minimum absolute atomic E-state index is 0.737. The van der Waals surface area contributed by atoms with Crippen molar-refractivity contribution in [3.63, 3.8) is 0 Å². The van der Waals surface area contributed by atoms with E-state index in [1.807, 2.05) is 12.1 Å². The van der Waals surface area contributed by atoms with Gasteiger partial charge in [0, 0.05) is 12.1 Å². The van der Waals surface area contributed by atoms with Gasteiger partial charge in [0.15, 0.2) is 11.5 Å². The average molecular weight is 507 g/mol. The highest BCUT2D eigenvalue weighted by Gasteiger charge is 2.14. The van der Waals surface area contributed by atoms with Crippen LogP contribution in [0.5, 0.6) is 11.5 Å². The van der Waals surface area contributed by atoms with Crippen molar-refractivity contribution >= 4 is 11.0 Å². The zero-order valence-corrected chi connectivity index (χ0v) is 23.8. The Labute approximate surface area is 225 Å². The Bertz CT molecular complexity index is 1030. The molecule has 0 saturated carbocycles. The SMILES string of the molecule is CCCCCCCCCCCCCCCCCCn1c(-c2ccc(OC)c(OC)c2)nc2ccccc21. The van der Waals surface area contributed by atoms with Gasteiger partial charge in [-0.05, 0) is 36.8 Å². The number of para-hydroxylation sites is 2. The van der Waals surface area contributed by atoms with Crippen molar-refractivity contribution in [1.29, 1.82) is 0 Å². The van der Waals surface area contributed by atoms with Gasteiger partial charge in [-0.25, -0.2) is 4.98 Å². The van der Waals surface area contributed by atoms with E-state index in [1.54, 1.807) is 14.2 Å². The third-order valence-corrected chi connectivity index (χ3v) is 7.53. The van der Waals surface area contributed by atoms with Crippen LogP contribution in [-0.2, 0) is 6.54 Å². The summed E-state index contributed by atoms with van der Waals surface area (Å²) >= 11 is 0. The maximum atomic E-state index is 5.54. The molecule has 37 heavy (non-hydrogen) atoms. The quantitative estimate of drug-likeness (QED) is 0.143. The largest absolute Gasteiger partial charge is 0.493 e. The lowest BCUT2D eigenvalue weighted by atomic mass is 10.0. The van der Waals surface area contributed by atoms with Crippen LogP contribution in [0.25, 0.3) is 22.4 Å². The number of aryl methyl sites for hydroxylation is 1. The smallest absolute Gasteiger partial charge is 0.161 e. The summed E-state index contributed by atoms with van der Waals surface area (Å²) in [6.45, 7) is 3.28. The van der Waals surface area contributed by atoms with Crippen molar-refractivity contribution in [1.82, 2.24) is 9.55 Å². The van der Waals surface area contributed by atoms with Gasteiger partial charge in [-0.15, -0.1) is 0 Å². The highest BCUT2D eigenvalue weighted by atomic mass is 16.5. The highest BCUT2D eigenvalue weighted by molar-refractivity contribution is 5.81. The molecule has 0 aliphatic heterocycles. The molecule has 0 radical (unpaired) electrons. The molecule has 4 heteroatoms. The fraction of sp³-hybridized carbons (Fsp3) is 0.606. The molecule has 0 aliphatic rings. The van der Waals surface area contributed by atoms with Gasteiger partial charge < -0.3 is 14.0 Å². The van der Waals surface area contributed by atoms with Gasteiger partial charge in [-0.3, -0.25) is 0 Å².